The van der Waals surface area contributed by atoms with Crippen LogP contribution in [0.5, 0.6) is 0 Å². The predicted octanol–water partition coefficient (Wildman–Crippen LogP) is 1.22. The highest BCUT2D eigenvalue weighted by molar-refractivity contribution is 5.63. The maximum absolute atomic E-state index is 4.23. The van der Waals surface area contributed by atoms with Gasteiger partial charge in [0.25, 0.3) is 0 Å². The van der Waals surface area contributed by atoms with E-state index in [1.807, 2.05) is 0 Å². The molecule has 1 aliphatic carbocycles. The molecule has 0 saturated heterocycles. The Bertz CT molecular complexity index is 236. The fraction of sp³-hybridized carbons (Fsp3) is 0.375. The molecule has 1 heterocycles. The molecule has 2 rings (SSSR count). The van der Waals surface area contributed by atoms with Crippen molar-refractivity contribution in [2.75, 3.05) is 0 Å². The molecule has 1 N–H and O–H groups in total. The molecule has 0 fully saturated rings. The molecule has 10 heavy (non-hydrogen) atoms. The second kappa shape index (κ2) is 1.97. The highest BCUT2D eigenvalue weighted by atomic mass is 15.1. The summed E-state index contributed by atoms with van der Waals surface area (Å²) in [6.07, 6.45) is 7.19. The lowest BCUT2D eigenvalue weighted by atomic mass is 10.0. The van der Waals surface area contributed by atoms with Crippen LogP contribution in [0.15, 0.2) is 28.4 Å². The zero-order valence-corrected chi connectivity index (χ0v) is 5.96. The van der Waals surface area contributed by atoms with Crippen molar-refractivity contribution in [1.82, 2.24) is 5.32 Å². The number of hydrogen-bond acceptors (Lipinski definition) is 2. The van der Waals surface area contributed by atoms with Crippen molar-refractivity contribution in [2.45, 2.75) is 19.4 Å². The van der Waals surface area contributed by atoms with E-state index in [0.29, 0.717) is 6.04 Å². The lowest BCUT2D eigenvalue weighted by molar-refractivity contribution is 0.719. The molecule has 0 radical (unpaired) electrons. The summed E-state index contributed by atoms with van der Waals surface area (Å²) in [5.74, 6) is 0. The molecule has 0 amide bonds. The van der Waals surface area contributed by atoms with Crippen molar-refractivity contribution in [3.63, 3.8) is 0 Å². The summed E-state index contributed by atoms with van der Waals surface area (Å²) in [5.41, 5.74) is 2.50. The first-order chi connectivity index (χ1) is 4.88. The maximum atomic E-state index is 4.23. The van der Waals surface area contributed by atoms with Crippen LogP contribution < -0.4 is 5.32 Å². The van der Waals surface area contributed by atoms with Crippen LogP contribution in [0.1, 0.15) is 13.3 Å². The zero-order valence-electron chi connectivity index (χ0n) is 5.96. The van der Waals surface area contributed by atoms with Crippen LogP contribution in [0.4, 0.5) is 0 Å². The van der Waals surface area contributed by atoms with Gasteiger partial charge in [-0.3, -0.25) is 0 Å². The van der Waals surface area contributed by atoms with Crippen molar-refractivity contribution in [3.05, 3.63) is 23.4 Å². The maximum Gasteiger partial charge on any atom is 0.0888 e. The van der Waals surface area contributed by atoms with Crippen LogP contribution >= 0.6 is 0 Å². The molecule has 2 aliphatic rings. The minimum atomic E-state index is 0.463. The van der Waals surface area contributed by atoms with Gasteiger partial charge in [-0.25, -0.2) is 4.99 Å². The largest absolute Gasteiger partial charge is 0.367 e. The lowest BCUT2D eigenvalue weighted by Gasteiger charge is -2.14. The van der Waals surface area contributed by atoms with Gasteiger partial charge in [0.05, 0.1) is 18.1 Å². The minimum absolute atomic E-state index is 0.463. The topological polar surface area (TPSA) is 24.4 Å². The number of nitrogens with one attached hydrogen (secondary N) is 1. The molecule has 1 aliphatic heterocycles. The zero-order chi connectivity index (χ0) is 6.97. The smallest absolute Gasteiger partial charge is 0.0888 e. The third kappa shape index (κ3) is 0.685. The summed E-state index contributed by atoms with van der Waals surface area (Å²) < 4.78 is 0. The Balaban J connectivity index is 2.41. The van der Waals surface area contributed by atoms with Gasteiger partial charge in [-0.1, -0.05) is 12.2 Å². The van der Waals surface area contributed by atoms with Gasteiger partial charge in [-0.05, 0) is 18.9 Å². The van der Waals surface area contributed by atoms with Gasteiger partial charge in [0, 0.05) is 0 Å². The van der Waals surface area contributed by atoms with E-state index < -0.39 is 0 Å². The Morgan fingerprint density at radius 3 is 3.40 bits per heavy atom. The number of allylic oxidation sites excluding steroid dienone is 2. The number of hydrogen-bond donors (Lipinski definition) is 1. The number of nitrogens with zero attached hydrogens (tertiary/aromatic N) is 1. The van der Waals surface area contributed by atoms with E-state index in [4.69, 9.17) is 0 Å². The normalized spacial score (nSPS) is 28.7. The second-order valence-corrected chi connectivity index (χ2v) is 2.68. The van der Waals surface area contributed by atoms with E-state index in [-0.39, 0.29) is 0 Å². The van der Waals surface area contributed by atoms with Crippen LogP contribution in [0.25, 0.3) is 0 Å². The predicted molar refractivity (Wildman–Crippen MR) is 41.9 cm³/mol. The molecule has 1 atom stereocenters. The summed E-state index contributed by atoms with van der Waals surface area (Å²) in [5, 5.41) is 3.19. The monoisotopic (exact) mass is 134 g/mol. The molecule has 0 spiro atoms. The summed E-state index contributed by atoms with van der Waals surface area (Å²) in [6.45, 7) is 2.10. The van der Waals surface area contributed by atoms with E-state index >= 15 is 0 Å². The van der Waals surface area contributed by atoms with E-state index in [0.717, 1.165) is 6.42 Å². The van der Waals surface area contributed by atoms with Crippen molar-refractivity contribution >= 4 is 6.34 Å². The molecular formula is C8H10N2. The third-order valence-electron chi connectivity index (χ3n) is 1.95. The molecule has 0 saturated carbocycles. The molecule has 0 bridgehead atoms. The number of aliphatic imine (C=N–C) groups is 1. The first-order valence-electron chi connectivity index (χ1n) is 3.54. The Morgan fingerprint density at radius 1 is 1.70 bits per heavy atom. The molecule has 52 valence electrons. The summed E-state index contributed by atoms with van der Waals surface area (Å²) in [6, 6.07) is 0.463. The molecule has 1 unspecified atom stereocenters. The van der Waals surface area contributed by atoms with Crippen LogP contribution in [-0.4, -0.2) is 12.4 Å². The van der Waals surface area contributed by atoms with Gasteiger partial charge in [0.2, 0.25) is 0 Å². The molecule has 2 heteroatoms. The lowest BCUT2D eigenvalue weighted by Crippen LogP contribution is -2.24. The van der Waals surface area contributed by atoms with Gasteiger partial charge in [-0.15, -0.1) is 0 Å². The van der Waals surface area contributed by atoms with E-state index in [1.54, 1.807) is 6.34 Å². The Hall–Kier alpha value is -1.05. The van der Waals surface area contributed by atoms with Crippen molar-refractivity contribution < 1.29 is 0 Å². The Kier molecular flexibility index (Phi) is 1.13. The quantitative estimate of drug-likeness (QED) is 0.529. The van der Waals surface area contributed by atoms with Gasteiger partial charge in [-0.2, -0.15) is 0 Å². The molecule has 0 aromatic rings. The molecular weight excluding hydrogens is 124 g/mol. The van der Waals surface area contributed by atoms with Gasteiger partial charge in [0.1, 0.15) is 0 Å². The standard InChI is InChI=1S/C8H10N2/c1-6-3-2-4-7-8(6)10-5-9-7/h2-3,5,7H,4H2,1H3,(H,9,10). The average molecular weight is 134 g/mol. The van der Waals surface area contributed by atoms with E-state index in [1.165, 1.54) is 11.3 Å². The molecule has 0 aromatic carbocycles. The van der Waals surface area contributed by atoms with E-state index in [9.17, 15) is 0 Å². The average Bonchev–Trinajstić information content (AvgIpc) is 2.36. The van der Waals surface area contributed by atoms with Crippen LogP contribution in [0, 0.1) is 0 Å². The number of rotatable bonds is 0. The second-order valence-electron chi connectivity index (χ2n) is 2.68. The van der Waals surface area contributed by atoms with Crippen LogP contribution in [0.3, 0.4) is 0 Å². The summed E-state index contributed by atoms with van der Waals surface area (Å²) in [4.78, 5) is 4.23. The van der Waals surface area contributed by atoms with Gasteiger partial charge < -0.3 is 5.32 Å². The number of fused-ring (bicyclic) bond motifs is 1. The fourth-order valence-electron chi connectivity index (χ4n) is 1.39. The third-order valence-corrected chi connectivity index (χ3v) is 1.95. The molecule has 0 aromatic heterocycles. The summed E-state index contributed by atoms with van der Waals surface area (Å²) >= 11 is 0. The van der Waals surface area contributed by atoms with Gasteiger partial charge in [0.15, 0.2) is 0 Å². The van der Waals surface area contributed by atoms with Crippen LogP contribution in [-0.2, 0) is 0 Å². The Labute approximate surface area is 60.3 Å². The highest BCUT2D eigenvalue weighted by Gasteiger charge is 2.19. The Morgan fingerprint density at radius 2 is 2.60 bits per heavy atom. The minimum Gasteiger partial charge on any atom is -0.367 e. The van der Waals surface area contributed by atoms with Crippen molar-refractivity contribution in [1.29, 1.82) is 0 Å². The van der Waals surface area contributed by atoms with E-state index in [2.05, 4.69) is 29.4 Å². The SMILES string of the molecule is CC1=C2N=CNC2CC=C1. The fourth-order valence-corrected chi connectivity index (χ4v) is 1.39. The van der Waals surface area contributed by atoms with Gasteiger partial charge >= 0.3 is 0 Å². The van der Waals surface area contributed by atoms with Crippen molar-refractivity contribution in [2.24, 2.45) is 4.99 Å². The van der Waals surface area contributed by atoms with Crippen molar-refractivity contribution in [3.8, 4) is 0 Å². The molecule has 2 nitrogen and oxygen atoms in total. The summed E-state index contributed by atoms with van der Waals surface area (Å²) in [7, 11) is 0. The first kappa shape index (κ1) is 5.71. The van der Waals surface area contributed by atoms with Crippen LogP contribution in [0.2, 0.25) is 0 Å². The first-order valence-corrected chi connectivity index (χ1v) is 3.54. The highest BCUT2D eigenvalue weighted by Crippen LogP contribution is 2.22.